The maximum atomic E-state index is 12.6. The SMILES string of the molecule is CC(C)(C)OC(=O)N1CC[C@@H](O)C[C@H]1C(C)(C)O[SiH2]C(C)(C)C. The van der Waals surface area contributed by atoms with Gasteiger partial charge in [-0.25, -0.2) is 4.79 Å². The highest BCUT2D eigenvalue weighted by molar-refractivity contribution is 6.31. The first kappa shape index (κ1) is 20.5. The number of likely N-dealkylation sites (tertiary alicyclic amines) is 1. The summed E-state index contributed by atoms with van der Waals surface area (Å²) in [5.74, 6) is 0. The summed E-state index contributed by atoms with van der Waals surface area (Å²) < 4.78 is 11.8. The molecule has 5 nitrogen and oxygen atoms in total. The molecule has 23 heavy (non-hydrogen) atoms. The standard InChI is InChI=1S/C17H35NO4Si/c1-15(2,3)21-14(20)18-10-9-12(19)11-13(18)17(7,8)22-23-16(4,5)6/h12-13,19H,9-11,23H2,1-8H3/t12-,13+/m1/s1. The molecule has 0 unspecified atom stereocenters. The summed E-state index contributed by atoms with van der Waals surface area (Å²) in [4.78, 5) is 14.3. The Labute approximate surface area is 143 Å². The van der Waals surface area contributed by atoms with Gasteiger partial charge in [0.1, 0.15) is 5.60 Å². The fraction of sp³-hybridized carbons (Fsp3) is 0.941. The van der Waals surface area contributed by atoms with Crippen LogP contribution in [0, 0.1) is 0 Å². The summed E-state index contributed by atoms with van der Waals surface area (Å²) in [6.07, 6.45) is 0.411. The lowest BCUT2D eigenvalue weighted by Gasteiger charge is -2.46. The van der Waals surface area contributed by atoms with Gasteiger partial charge in [-0.3, -0.25) is 0 Å². The highest BCUT2D eigenvalue weighted by Crippen LogP contribution is 2.32. The van der Waals surface area contributed by atoms with Crippen molar-refractivity contribution in [3.05, 3.63) is 0 Å². The molecule has 0 aliphatic carbocycles. The Morgan fingerprint density at radius 3 is 2.17 bits per heavy atom. The van der Waals surface area contributed by atoms with Crippen molar-refractivity contribution in [2.45, 2.75) is 96.6 Å². The smallest absolute Gasteiger partial charge is 0.410 e. The van der Waals surface area contributed by atoms with Crippen LogP contribution in [0.25, 0.3) is 0 Å². The van der Waals surface area contributed by atoms with Crippen molar-refractivity contribution in [3.8, 4) is 0 Å². The van der Waals surface area contributed by atoms with Gasteiger partial charge in [0, 0.05) is 6.54 Å². The minimum atomic E-state index is -0.758. The van der Waals surface area contributed by atoms with Crippen LogP contribution in [0.1, 0.15) is 68.2 Å². The molecule has 0 aromatic heterocycles. The van der Waals surface area contributed by atoms with E-state index >= 15 is 0 Å². The van der Waals surface area contributed by atoms with Crippen LogP contribution in [0.3, 0.4) is 0 Å². The molecule has 0 saturated carbocycles. The minimum absolute atomic E-state index is 0.170. The monoisotopic (exact) mass is 345 g/mol. The quantitative estimate of drug-likeness (QED) is 0.799. The van der Waals surface area contributed by atoms with Crippen LogP contribution in [0.15, 0.2) is 0 Å². The number of piperidine rings is 1. The molecule has 0 aromatic carbocycles. The summed E-state index contributed by atoms with van der Waals surface area (Å²) >= 11 is 0. The van der Waals surface area contributed by atoms with E-state index in [9.17, 15) is 9.90 Å². The lowest BCUT2D eigenvalue weighted by atomic mass is 9.88. The molecule has 136 valence electrons. The van der Waals surface area contributed by atoms with E-state index in [-0.39, 0.29) is 17.2 Å². The maximum absolute atomic E-state index is 12.6. The Kier molecular flexibility index (Phi) is 6.32. The summed E-state index contributed by atoms with van der Waals surface area (Å²) in [6, 6.07) is -0.170. The molecule has 1 heterocycles. The molecule has 6 heteroatoms. The van der Waals surface area contributed by atoms with Gasteiger partial charge in [0.25, 0.3) is 0 Å². The Morgan fingerprint density at radius 1 is 1.13 bits per heavy atom. The van der Waals surface area contributed by atoms with Crippen molar-refractivity contribution in [2.24, 2.45) is 0 Å². The Hall–Kier alpha value is -0.593. The van der Waals surface area contributed by atoms with Crippen LogP contribution in [-0.4, -0.2) is 55.8 Å². The van der Waals surface area contributed by atoms with Crippen LogP contribution in [0.2, 0.25) is 5.04 Å². The van der Waals surface area contributed by atoms with E-state index in [1.807, 2.05) is 34.6 Å². The molecule has 0 spiro atoms. The first-order chi connectivity index (χ1) is 10.2. The molecule has 0 radical (unpaired) electrons. The zero-order valence-electron chi connectivity index (χ0n) is 16.1. The van der Waals surface area contributed by atoms with Crippen molar-refractivity contribution in [1.82, 2.24) is 4.90 Å². The first-order valence-electron chi connectivity index (χ1n) is 8.53. The average Bonchev–Trinajstić information content (AvgIpc) is 2.33. The van der Waals surface area contributed by atoms with E-state index in [1.54, 1.807) is 4.90 Å². The minimum Gasteiger partial charge on any atom is -0.444 e. The van der Waals surface area contributed by atoms with E-state index in [0.29, 0.717) is 19.4 Å². The zero-order chi connectivity index (χ0) is 18.1. The van der Waals surface area contributed by atoms with Gasteiger partial charge in [-0.15, -0.1) is 0 Å². The highest BCUT2D eigenvalue weighted by Gasteiger charge is 2.43. The predicted molar refractivity (Wildman–Crippen MR) is 95.4 cm³/mol. The topological polar surface area (TPSA) is 59.0 Å². The predicted octanol–water partition coefficient (Wildman–Crippen LogP) is 2.84. The molecule has 1 aliphatic heterocycles. The molecular formula is C17H35NO4Si. The lowest BCUT2D eigenvalue weighted by molar-refractivity contribution is -0.0612. The van der Waals surface area contributed by atoms with Crippen molar-refractivity contribution < 1.29 is 19.1 Å². The maximum Gasteiger partial charge on any atom is 0.410 e. The van der Waals surface area contributed by atoms with Gasteiger partial charge in [-0.2, -0.15) is 0 Å². The number of nitrogens with zero attached hydrogens (tertiary/aromatic N) is 1. The summed E-state index contributed by atoms with van der Waals surface area (Å²) in [6.45, 7) is 16.7. The van der Waals surface area contributed by atoms with Crippen molar-refractivity contribution in [1.29, 1.82) is 0 Å². The summed E-state index contributed by atoms with van der Waals surface area (Å²) in [7, 11) is -0.758. The number of hydrogen-bond acceptors (Lipinski definition) is 4. The highest BCUT2D eigenvalue weighted by atomic mass is 28.2. The van der Waals surface area contributed by atoms with E-state index < -0.39 is 27.1 Å². The number of amides is 1. The Balaban J connectivity index is 2.89. The second-order valence-electron chi connectivity index (χ2n) is 9.32. The number of carbonyl (C=O) groups is 1. The van der Waals surface area contributed by atoms with Gasteiger partial charge in [0.05, 0.1) is 17.7 Å². The fourth-order valence-corrected chi connectivity index (χ4v) is 3.64. The largest absolute Gasteiger partial charge is 0.444 e. The van der Waals surface area contributed by atoms with E-state index in [1.165, 1.54) is 0 Å². The van der Waals surface area contributed by atoms with Gasteiger partial charge in [-0.1, -0.05) is 20.8 Å². The molecule has 1 amide bonds. The van der Waals surface area contributed by atoms with Crippen LogP contribution >= 0.6 is 0 Å². The molecule has 2 atom stereocenters. The second kappa shape index (κ2) is 7.11. The zero-order valence-corrected chi connectivity index (χ0v) is 17.5. The van der Waals surface area contributed by atoms with E-state index in [0.717, 1.165) is 0 Å². The van der Waals surface area contributed by atoms with Gasteiger partial charge >= 0.3 is 6.09 Å². The van der Waals surface area contributed by atoms with Crippen LogP contribution in [-0.2, 0) is 9.16 Å². The normalized spacial score (nSPS) is 24.3. The number of aliphatic hydroxyl groups excluding tert-OH is 1. The Morgan fingerprint density at radius 2 is 1.70 bits per heavy atom. The molecule has 1 rings (SSSR count). The van der Waals surface area contributed by atoms with Gasteiger partial charge < -0.3 is 19.2 Å². The third-order valence-corrected chi connectivity index (χ3v) is 5.64. The molecule has 1 fully saturated rings. The van der Waals surface area contributed by atoms with E-state index in [4.69, 9.17) is 9.16 Å². The third-order valence-electron chi connectivity index (χ3n) is 3.88. The van der Waals surface area contributed by atoms with Crippen molar-refractivity contribution in [2.75, 3.05) is 6.54 Å². The second-order valence-corrected chi connectivity index (χ2v) is 12.0. The number of carbonyl (C=O) groups excluding carboxylic acids is 1. The van der Waals surface area contributed by atoms with Crippen LogP contribution in [0.4, 0.5) is 4.79 Å². The molecule has 1 saturated heterocycles. The van der Waals surface area contributed by atoms with Gasteiger partial charge in [-0.05, 0) is 52.5 Å². The summed E-state index contributed by atoms with van der Waals surface area (Å²) in [5, 5.41) is 10.3. The third kappa shape index (κ3) is 6.81. The van der Waals surface area contributed by atoms with Crippen LogP contribution in [0.5, 0.6) is 0 Å². The molecular weight excluding hydrogens is 310 g/mol. The molecule has 0 bridgehead atoms. The fourth-order valence-electron chi connectivity index (χ4n) is 2.64. The molecule has 0 aromatic rings. The van der Waals surface area contributed by atoms with E-state index in [2.05, 4.69) is 20.8 Å². The number of aliphatic hydroxyl groups is 1. The van der Waals surface area contributed by atoms with Crippen molar-refractivity contribution >= 4 is 15.9 Å². The van der Waals surface area contributed by atoms with Crippen LogP contribution < -0.4 is 0 Å². The van der Waals surface area contributed by atoms with Gasteiger partial charge in [0.15, 0.2) is 9.76 Å². The number of ether oxygens (including phenoxy) is 1. The number of hydrogen-bond donors (Lipinski definition) is 1. The van der Waals surface area contributed by atoms with Crippen molar-refractivity contribution in [3.63, 3.8) is 0 Å². The van der Waals surface area contributed by atoms with Gasteiger partial charge in [0.2, 0.25) is 0 Å². The Bertz CT molecular complexity index is 412. The summed E-state index contributed by atoms with van der Waals surface area (Å²) in [5.41, 5.74) is -1.01. The molecule has 1 N–H and O–H groups in total. The molecule has 1 aliphatic rings. The first-order valence-corrected chi connectivity index (χ1v) is 9.81. The number of rotatable bonds is 3. The average molecular weight is 346 g/mol. The lowest BCUT2D eigenvalue weighted by Crippen LogP contribution is -2.59.